The molecule has 7 heteroatoms. The minimum absolute atomic E-state index is 0.0432. The van der Waals surface area contributed by atoms with Crippen molar-refractivity contribution in [2.24, 2.45) is 0 Å². The summed E-state index contributed by atoms with van der Waals surface area (Å²) in [6.07, 6.45) is 0.996. The Morgan fingerprint density at radius 3 is 2.28 bits per heavy atom. The van der Waals surface area contributed by atoms with Gasteiger partial charge in [0.25, 0.3) is 5.91 Å². The second-order valence-corrected chi connectivity index (χ2v) is 9.98. The van der Waals surface area contributed by atoms with Crippen molar-refractivity contribution in [1.82, 2.24) is 15.2 Å². The zero-order valence-electron chi connectivity index (χ0n) is 20.4. The average Bonchev–Trinajstić information content (AvgIpc) is 3.38. The SMILES string of the molecule is CCc1cccc2sc(N3CCN(CCNC(=O)c4ccc(C(=O)c5ccccc5)cc4)CC3)nc12. The molecule has 0 bridgehead atoms. The highest BCUT2D eigenvalue weighted by Crippen LogP contribution is 2.31. The molecule has 1 fully saturated rings. The molecule has 1 aliphatic rings. The molecule has 4 aromatic rings. The minimum Gasteiger partial charge on any atom is -0.351 e. The van der Waals surface area contributed by atoms with E-state index in [0.717, 1.165) is 49.8 Å². The number of hydrogen-bond acceptors (Lipinski definition) is 6. The Balaban J connectivity index is 1.08. The molecule has 0 unspecified atom stereocenters. The van der Waals surface area contributed by atoms with Gasteiger partial charge in [-0.2, -0.15) is 0 Å². The first-order chi connectivity index (χ1) is 17.6. The third kappa shape index (κ3) is 5.32. The van der Waals surface area contributed by atoms with Crippen molar-refractivity contribution in [1.29, 1.82) is 0 Å². The van der Waals surface area contributed by atoms with Crippen LogP contribution in [0.4, 0.5) is 5.13 Å². The van der Waals surface area contributed by atoms with Crippen LogP contribution in [-0.4, -0.2) is 60.8 Å². The number of rotatable bonds is 8. The van der Waals surface area contributed by atoms with Crippen LogP contribution in [0.25, 0.3) is 10.2 Å². The summed E-state index contributed by atoms with van der Waals surface area (Å²) in [5.41, 5.74) is 4.23. The third-order valence-electron chi connectivity index (χ3n) is 6.67. The van der Waals surface area contributed by atoms with Gasteiger partial charge in [0, 0.05) is 56.0 Å². The molecule has 184 valence electrons. The van der Waals surface area contributed by atoms with Crippen LogP contribution in [-0.2, 0) is 6.42 Å². The van der Waals surface area contributed by atoms with E-state index >= 15 is 0 Å². The third-order valence-corrected chi connectivity index (χ3v) is 7.76. The van der Waals surface area contributed by atoms with Gasteiger partial charge in [-0.05, 0) is 30.2 Å². The van der Waals surface area contributed by atoms with Crippen molar-refractivity contribution in [3.63, 3.8) is 0 Å². The molecular weight excluding hydrogens is 468 g/mol. The van der Waals surface area contributed by atoms with E-state index in [4.69, 9.17) is 4.98 Å². The maximum atomic E-state index is 12.6. The smallest absolute Gasteiger partial charge is 0.251 e. The van der Waals surface area contributed by atoms with Crippen LogP contribution in [0.3, 0.4) is 0 Å². The standard InChI is InChI=1S/C29H30N4O2S/c1-2-21-9-6-10-25-26(21)31-29(36-25)33-19-17-32(18-20-33)16-15-30-28(35)24-13-11-23(12-14-24)27(34)22-7-4-3-5-8-22/h3-14H,2,15-20H2,1H3,(H,30,35). The Kier molecular flexibility index (Phi) is 7.39. The second kappa shape index (κ2) is 11.0. The number of thiazole rings is 1. The highest BCUT2D eigenvalue weighted by atomic mass is 32.1. The highest BCUT2D eigenvalue weighted by molar-refractivity contribution is 7.22. The number of carbonyl (C=O) groups is 2. The largest absolute Gasteiger partial charge is 0.351 e. The van der Waals surface area contributed by atoms with Gasteiger partial charge < -0.3 is 10.2 Å². The summed E-state index contributed by atoms with van der Waals surface area (Å²) in [5.74, 6) is -0.160. The molecule has 5 rings (SSSR count). The maximum Gasteiger partial charge on any atom is 0.251 e. The Morgan fingerprint density at radius 2 is 1.56 bits per heavy atom. The predicted molar refractivity (Wildman–Crippen MR) is 146 cm³/mol. The lowest BCUT2D eigenvalue weighted by atomic mass is 10.0. The molecule has 1 N–H and O–H groups in total. The van der Waals surface area contributed by atoms with Crippen molar-refractivity contribution in [2.75, 3.05) is 44.2 Å². The van der Waals surface area contributed by atoms with Crippen LogP contribution in [0.1, 0.15) is 38.8 Å². The molecule has 36 heavy (non-hydrogen) atoms. The first-order valence-electron chi connectivity index (χ1n) is 12.5. The number of aromatic nitrogens is 1. The molecule has 0 saturated carbocycles. The molecule has 1 aliphatic heterocycles. The second-order valence-electron chi connectivity index (χ2n) is 8.97. The molecule has 1 aromatic heterocycles. The lowest BCUT2D eigenvalue weighted by molar-refractivity contribution is 0.0946. The summed E-state index contributed by atoms with van der Waals surface area (Å²) in [7, 11) is 0. The summed E-state index contributed by atoms with van der Waals surface area (Å²) in [6, 6.07) is 22.5. The maximum absolute atomic E-state index is 12.6. The number of nitrogens with one attached hydrogen (secondary N) is 1. The van der Waals surface area contributed by atoms with Crippen LogP contribution in [0, 0.1) is 0 Å². The highest BCUT2D eigenvalue weighted by Gasteiger charge is 2.20. The Labute approximate surface area is 215 Å². The van der Waals surface area contributed by atoms with Crippen LogP contribution in [0.5, 0.6) is 0 Å². The lowest BCUT2D eigenvalue weighted by Gasteiger charge is -2.34. The van der Waals surface area contributed by atoms with Crippen molar-refractivity contribution in [3.05, 3.63) is 95.1 Å². The van der Waals surface area contributed by atoms with Gasteiger partial charge in [-0.15, -0.1) is 0 Å². The van der Waals surface area contributed by atoms with Crippen LogP contribution < -0.4 is 10.2 Å². The van der Waals surface area contributed by atoms with Crippen molar-refractivity contribution in [2.45, 2.75) is 13.3 Å². The fraction of sp³-hybridized carbons (Fsp3) is 0.276. The summed E-state index contributed by atoms with van der Waals surface area (Å²) >= 11 is 1.77. The molecule has 3 aromatic carbocycles. The number of fused-ring (bicyclic) bond motifs is 1. The van der Waals surface area contributed by atoms with Gasteiger partial charge in [-0.1, -0.05) is 72.9 Å². The predicted octanol–water partition coefficient (Wildman–Crippen LogP) is 4.64. The molecule has 1 saturated heterocycles. The molecular formula is C29H30N4O2S. The van der Waals surface area contributed by atoms with Crippen LogP contribution >= 0.6 is 11.3 Å². The Morgan fingerprint density at radius 1 is 0.861 bits per heavy atom. The fourth-order valence-corrected chi connectivity index (χ4v) is 5.60. The molecule has 0 radical (unpaired) electrons. The van der Waals surface area contributed by atoms with Gasteiger partial charge in [0.15, 0.2) is 10.9 Å². The van der Waals surface area contributed by atoms with Gasteiger partial charge in [-0.3, -0.25) is 14.5 Å². The number of carbonyl (C=O) groups excluding carboxylic acids is 2. The Hall–Kier alpha value is -3.55. The van der Waals surface area contributed by atoms with Gasteiger partial charge in [0.1, 0.15) is 0 Å². The quantitative estimate of drug-likeness (QED) is 0.359. The van der Waals surface area contributed by atoms with E-state index in [1.807, 2.05) is 18.2 Å². The van der Waals surface area contributed by atoms with E-state index in [1.54, 1.807) is 47.7 Å². The monoisotopic (exact) mass is 498 g/mol. The number of benzene rings is 3. The summed E-state index contributed by atoms with van der Waals surface area (Å²) in [6.45, 7) is 7.34. The molecule has 0 spiro atoms. The zero-order valence-corrected chi connectivity index (χ0v) is 21.3. The number of anilines is 1. The van der Waals surface area contributed by atoms with Crippen LogP contribution in [0.15, 0.2) is 72.8 Å². The molecule has 2 heterocycles. The van der Waals surface area contributed by atoms with Gasteiger partial charge in [-0.25, -0.2) is 4.98 Å². The van der Waals surface area contributed by atoms with E-state index in [2.05, 4.69) is 40.2 Å². The van der Waals surface area contributed by atoms with E-state index in [9.17, 15) is 9.59 Å². The van der Waals surface area contributed by atoms with Gasteiger partial charge >= 0.3 is 0 Å². The van der Waals surface area contributed by atoms with E-state index in [1.165, 1.54) is 10.3 Å². The number of hydrogen-bond donors (Lipinski definition) is 1. The van der Waals surface area contributed by atoms with Gasteiger partial charge in [0.2, 0.25) is 0 Å². The molecule has 0 aliphatic carbocycles. The van der Waals surface area contributed by atoms with Gasteiger partial charge in [0.05, 0.1) is 10.2 Å². The first kappa shape index (κ1) is 24.2. The minimum atomic E-state index is -0.117. The number of piperazine rings is 1. The fourth-order valence-electron chi connectivity index (χ4n) is 4.54. The van der Waals surface area contributed by atoms with Crippen LogP contribution in [0.2, 0.25) is 0 Å². The topological polar surface area (TPSA) is 65.5 Å². The van der Waals surface area contributed by atoms with Crippen molar-refractivity contribution >= 4 is 38.4 Å². The molecule has 1 amide bonds. The summed E-state index contributed by atoms with van der Waals surface area (Å²) in [5, 5.41) is 4.12. The van der Waals surface area contributed by atoms with Crippen molar-refractivity contribution < 1.29 is 9.59 Å². The Bertz CT molecular complexity index is 1340. The lowest BCUT2D eigenvalue weighted by Crippen LogP contribution is -2.48. The molecule has 6 nitrogen and oxygen atoms in total. The number of aryl methyl sites for hydroxylation is 1. The van der Waals surface area contributed by atoms with Crippen molar-refractivity contribution in [3.8, 4) is 0 Å². The first-order valence-corrected chi connectivity index (χ1v) is 13.3. The number of amides is 1. The number of nitrogens with zero attached hydrogens (tertiary/aromatic N) is 3. The number of ketones is 1. The summed E-state index contributed by atoms with van der Waals surface area (Å²) < 4.78 is 1.26. The number of para-hydroxylation sites is 1. The normalized spacial score (nSPS) is 14.2. The zero-order chi connectivity index (χ0) is 24.9. The summed E-state index contributed by atoms with van der Waals surface area (Å²) in [4.78, 5) is 34.8. The average molecular weight is 499 g/mol. The molecule has 0 atom stereocenters. The van der Waals surface area contributed by atoms with E-state index in [-0.39, 0.29) is 11.7 Å². The van der Waals surface area contributed by atoms with E-state index < -0.39 is 0 Å². The van der Waals surface area contributed by atoms with E-state index in [0.29, 0.717) is 23.2 Å².